The number of pyridine rings is 1. The van der Waals surface area contributed by atoms with E-state index in [2.05, 4.69) is 19.8 Å². The van der Waals surface area contributed by atoms with Gasteiger partial charge in [-0.3, -0.25) is 4.40 Å². The summed E-state index contributed by atoms with van der Waals surface area (Å²) in [6.45, 7) is 1.52. The van der Waals surface area contributed by atoms with Gasteiger partial charge >= 0.3 is 0 Å². The fourth-order valence-electron chi connectivity index (χ4n) is 1.90. The summed E-state index contributed by atoms with van der Waals surface area (Å²) in [5.74, 6) is 0.525. The molecule has 3 aromatic rings. The lowest BCUT2D eigenvalue weighted by molar-refractivity contribution is 0.372. The van der Waals surface area contributed by atoms with E-state index in [1.54, 1.807) is 31.3 Å². The summed E-state index contributed by atoms with van der Waals surface area (Å²) < 4.78 is 33.3. The molecule has 0 aromatic carbocycles. The molecule has 0 saturated carbocycles. The summed E-state index contributed by atoms with van der Waals surface area (Å²) in [5, 5.41) is 3.47. The molecule has 0 aliphatic heterocycles. The van der Waals surface area contributed by atoms with Crippen LogP contribution in [0.4, 0.5) is 5.82 Å². The Morgan fingerprint density at radius 1 is 1.38 bits per heavy atom. The number of nitrogens with one attached hydrogen (secondary N) is 1. The molecule has 0 radical (unpaired) electrons. The first-order valence-corrected chi connectivity index (χ1v) is 7.47. The van der Waals surface area contributed by atoms with Gasteiger partial charge in [0.05, 0.1) is 6.54 Å². The van der Waals surface area contributed by atoms with Crippen LogP contribution in [0.3, 0.4) is 0 Å². The van der Waals surface area contributed by atoms with Crippen LogP contribution in [0, 0.1) is 6.92 Å². The molecule has 3 N–H and O–H groups in total. The number of fused-ring (bicyclic) bond motifs is 1. The van der Waals surface area contributed by atoms with Crippen molar-refractivity contribution in [3.05, 3.63) is 36.1 Å². The van der Waals surface area contributed by atoms with Crippen LogP contribution in [0.5, 0.6) is 0 Å². The molecule has 0 unspecified atom stereocenters. The van der Waals surface area contributed by atoms with Gasteiger partial charge in [-0.15, -0.1) is 0 Å². The van der Waals surface area contributed by atoms with Gasteiger partial charge in [-0.1, -0.05) is 11.2 Å². The summed E-state index contributed by atoms with van der Waals surface area (Å²) in [6.07, 6.45) is 1.57. The van der Waals surface area contributed by atoms with Gasteiger partial charge in [0.2, 0.25) is 5.89 Å². The smallest absolute Gasteiger partial charge is 0.260 e. The highest BCUT2D eigenvalue weighted by Gasteiger charge is 2.24. The molecule has 0 amide bonds. The molecule has 21 heavy (non-hydrogen) atoms. The summed E-state index contributed by atoms with van der Waals surface area (Å²) in [7, 11) is -3.87. The number of nitrogen functional groups attached to an aromatic ring is 1. The van der Waals surface area contributed by atoms with E-state index in [-0.39, 0.29) is 23.3 Å². The third-order valence-corrected chi connectivity index (χ3v) is 4.19. The average Bonchev–Trinajstić information content (AvgIpc) is 2.99. The molecule has 110 valence electrons. The van der Waals surface area contributed by atoms with E-state index < -0.39 is 10.0 Å². The molecule has 0 aliphatic carbocycles. The number of imidazole rings is 1. The third kappa shape index (κ3) is 2.45. The van der Waals surface area contributed by atoms with Crippen LogP contribution >= 0.6 is 0 Å². The first kappa shape index (κ1) is 13.5. The van der Waals surface area contributed by atoms with Crippen molar-refractivity contribution in [2.75, 3.05) is 5.73 Å². The molecule has 0 spiro atoms. The SMILES string of the molecule is Cc1noc(CNS(=O)(=O)c2c(N)nc3ccccn23)n1. The number of aryl methyl sites for hydroxylation is 1. The van der Waals surface area contributed by atoms with Crippen molar-refractivity contribution in [1.82, 2.24) is 24.2 Å². The Morgan fingerprint density at radius 3 is 2.90 bits per heavy atom. The van der Waals surface area contributed by atoms with Crippen molar-refractivity contribution in [3.8, 4) is 0 Å². The van der Waals surface area contributed by atoms with E-state index >= 15 is 0 Å². The van der Waals surface area contributed by atoms with E-state index in [1.165, 1.54) is 4.40 Å². The minimum absolute atomic E-state index is 0.0737. The highest BCUT2D eigenvalue weighted by Crippen LogP contribution is 2.19. The topological polar surface area (TPSA) is 128 Å². The van der Waals surface area contributed by atoms with Gasteiger partial charge in [0, 0.05) is 6.20 Å². The van der Waals surface area contributed by atoms with Crippen LogP contribution in [0.2, 0.25) is 0 Å². The minimum Gasteiger partial charge on any atom is -0.381 e. The van der Waals surface area contributed by atoms with Crippen LogP contribution in [-0.2, 0) is 16.6 Å². The molecule has 0 atom stereocenters. The van der Waals surface area contributed by atoms with E-state index in [1.807, 2.05) is 0 Å². The maximum atomic E-state index is 12.4. The Kier molecular flexibility index (Phi) is 3.11. The van der Waals surface area contributed by atoms with E-state index in [0.717, 1.165) is 0 Å². The van der Waals surface area contributed by atoms with Gasteiger partial charge in [0.25, 0.3) is 10.0 Å². The molecule has 10 heteroatoms. The molecule has 9 nitrogen and oxygen atoms in total. The maximum absolute atomic E-state index is 12.4. The number of anilines is 1. The van der Waals surface area contributed by atoms with Crippen LogP contribution in [0.1, 0.15) is 11.7 Å². The second-order valence-electron chi connectivity index (χ2n) is 4.29. The predicted molar refractivity (Wildman–Crippen MR) is 72.7 cm³/mol. The fraction of sp³-hybridized carbons (Fsp3) is 0.182. The molecular weight excluding hydrogens is 296 g/mol. The van der Waals surface area contributed by atoms with Gasteiger partial charge in [-0.05, 0) is 19.1 Å². The van der Waals surface area contributed by atoms with Gasteiger partial charge in [-0.2, -0.15) is 4.98 Å². The van der Waals surface area contributed by atoms with Crippen LogP contribution in [0.15, 0.2) is 33.9 Å². The first-order chi connectivity index (χ1) is 9.97. The van der Waals surface area contributed by atoms with Crippen molar-refractivity contribution in [3.63, 3.8) is 0 Å². The Labute approximate surface area is 119 Å². The van der Waals surface area contributed by atoms with Crippen molar-refractivity contribution in [2.45, 2.75) is 18.5 Å². The van der Waals surface area contributed by atoms with E-state index in [0.29, 0.717) is 11.5 Å². The summed E-state index contributed by atoms with van der Waals surface area (Å²) in [6, 6.07) is 5.10. The van der Waals surface area contributed by atoms with Gasteiger partial charge in [0.15, 0.2) is 16.7 Å². The highest BCUT2D eigenvalue weighted by molar-refractivity contribution is 7.89. The summed E-state index contributed by atoms with van der Waals surface area (Å²) >= 11 is 0. The average molecular weight is 308 g/mol. The zero-order valence-electron chi connectivity index (χ0n) is 11.0. The number of hydrogen-bond acceptors (Lipinski definition) is 7. The minimum atomic E-state index is -3.87. The second-order valence-corrected chi connectivity index (χ2v) is 5.97. The number of nitrogens with two attached hydrogens (primary N) is 1. The zero-order valence-corrected chi connectivity index (χ0v) is 11.8. The van der Waals surface area contributed by atoms with Crippen LogP contribution in [-0.4, -0.2) is 27.9 Å². The van der Waals surface area contributed by atoms with Gasteiger partial charge in [0.1, 0.15) is 5.65 Å². The van der Waals surface area contributed by atoms with E-state index in [9.17, 15) is 8.42 Å². The van der Waals surface area contributed by atoms with Crippen molar-refractivity contribution >= 4 is 21.5 Å². The monoisotopic (exact) mass is 308 g/mol. The standard InChI is InChI=1S/C11H12N6O3S/c1-7-14-9(20-16-7)6-13-21(18,19)11-10(12)15-8-4-2-3-5-17(8)11/h2-5,13H,6,12H2,1H3. The lowest BCUT2D eigenvalue weighted by Crippen LogP contribution is -2.25. The largest absolute Gasteiger partial charge is 0.381 e. The van der Waals surface area contributed by atoms with E-state index in [4.69, 9.17) is 10.3 Å². The maximum Gasteiger partial charge on any atom is 0.260 e. The van der Waals surface area contributed by atoms with Gasteiger partial charge in [-0.25, -0.2) is 18.1 Å². The first-order valence-electron chi connectivity index (χ1n) is 5.99. The molecule has 0 aliphatic rings. The normalized spacial score (nSPS) is 12.0. The lowest BCUT2D eigenvalue weighted by Gasteiger charge is -2.05. The Hall–Kier alpha value is -2.46. The quantitative estimate of drug-likeness (QED) is 0.698. The van der Waals surface area contributed by atoms with Gasteiger partial charge < -0.3 is 10.3 Å². The Bertz CT molecular complexity index is 898. The molecule has 3 heterocycles. The lowest BCUT2D eigenvalue weighted by atomic mass is 10.5. The summed E-state index contributed by atoms with van der Waals surface area (Å²) in [4.78, 5) is 7.93. The highest BCUT2D eigenvalue weighted by atomic mass is 32.2. The molecule has 0 saturated heterocycles. The molecule has 3 rings (SSSR count). The predicted octanol–water partition coefficient (Wildman–Crippen LogP) is 0.0864. The fourth-order valence-corrected chi connectivity index (χ4v) is 3.08. The zero-order chi connectivity index (χ0) is 15.0. The third-order valence-electron chi connectivity index (χ3n) is 2.75. The number of aromatic nitrogens is 4. The molecule has 0 fully saturated rings. The van der Waals surface area contributed by atoms with Crippen LogP contribution in [0.25, 0.3) is 5.65 Å². The van der Waals surface area contributed by atoms with Crippen molar-refractivity contribution in [2.24, 2.45) is 0 Å². The van der Waals surface area contributed by atoms with Crippen molar-refractivity contribution in [1.29, 1.82) is 0 Å². The molecule has 0 bridgehead atoms. The molecule has 3 aromatic heterocycles. The summed E-state index contributed by atoms with van der Waals surface area (Å²) in [5.41, 5.74) is 6.16. The number of sulfonamides is 1. The Morgan fingerprint density at radius 2 is 2.19 bits per heavy atom. The number of hydrogen-bond donors (Lipinski definition) is 2. The Balaban J connectivity index is 1.95. The second kappa shape index (κ2) is 4.82. The number of nitrogens with zero attached hydrogens (tertiary/aromatic N) is 4. The van der Waals surface area contributed by atoms with Crippen LogP contribution < -0.4 is 10.5 Å². The number of rotatable bonds is 4. The molecular formula is C11H12N6O3S. The van der Waals surface area contributed by atoms with Crippen molar-refractivity contribution < 1.29 is 12.9 Å².